The molecule has 10 nitrogen and oxygen atoms in total. The Balaban J connectivity index is 1.48. The summed E-state index contributed by atoms with van der Waals surface area (Å²) in [7, 11) is -3.14. The predicted octanol–water partition coefficient (Wildman–Crippen LogP) is -0.377. The lowest BCUT2D eigenvalue weighted by molar-refractivity contribution is 0.0944. The third kappa shape index (κ3) is 5.01. The Bertz CT molecular complexity index is 896. The molecular formula is C15H20ClN7O3S. The molecular weight excluding hydrogens is 394 g/mol. The fourth-order valence-electron chi connectivity index (χ4n) is 2.77. The summed E-state index contributed by atoms with van der Waals surface area (Å²) in [5.41, 5.74) is 0.360. The van der Waals surface area contributed by atoms with E-state index in [0.717, 1.165) is 0 Å². The number of hydrogen-bond donors (Lipinski definition) is 1. The van der Waals surface area contributed by atoms with E-state index < -0.39 is 10.0 Å². The van der Waals surface area contributed by atoms with Crippen LogP contribution >= 0.6 is 11.6 Å². The molecule has 27 heavy (non-hydrogen) atoms. The number of nitrogens with one attached hydrogen (secondary N) is 1. The number of pyridine rings is 1. The summed E-state index contributed by atoms with van der Waals surface area (Å²) in [6.07, 6.45) is 5.60. The summed E-state index contributed by atoms with van der Waals surface area (Å²) in [5.74, 6) is 0.177. The van der Waals surface area contributed by atoms with E-state index in [1.807, 2.05) is 0 Å². The summed E-state index contributed by atoms with van der Waals surface area (Å²) in [6.45, 7) is 3.31. The van der Waals surface area contributed by atoms with Gasteiger partial charge < -0.3 is 5.32 Å². The Labute approximate surface area is 162 Å². The highest BCUT2D eigenvalue weighted by molar-refractivity contribution is 7.88. The molecule has 1 aliphatic heterocycles. The number of nitrogens with zero attached hydrogens (tertiary/aromatic N) is 6. The van der Waals surface area contributed by atoms with Crippen LogP contribution in [0.3, 0.4) is 0 Å². The molecule has 0 aliphatic carbocycles. The van der Waals surface area contributed by atoms with E-state index in [1.165, 1.54) is 29.4 Å². The van der Waals surface area contributed by atoms with Crippen LogP contribution < -0.4 is 5.32 Å². The van der Waals surface area contributed by atoms with Crippen LogP contribution in [0.1, 0.15) is 10.4 Å². The standard InChI is InChI=1S/C15H20ClN7O3S/c1-27(25,26)23-6-4-21(5-7-23)3-2-17-15(24)12-8-13(16)14(18-9-12)22-10-19-20-11-22/h8-11H,2-7H2,1H3,(H,17,24). The van der Waals surface area contributed by atoms with Gasteiger partial charge in [-0.15, -0.1) is 10.2 Å². The summed E-state index contributed by atoms with van der Waals surface area (Å²) in [4.78, 5) is 18.6. The third-order valence-electron chi connectivity index (χ3n) is 4.26. The van der Waals surface area contributed by atoms with Crippen LogP contribution in [-0.4, -0.2) is 88.8 Å². The minimum atomic E-state index is -3.14. The van der Waals surface area contributed by atoms with Crippen molar-refractivity contribution in [3.05, 3.63) is 35.5 Å². The molecule has 1 N–H and O–H groups in total. The third-order valence-corrected chi connectivity index (χ3v) is 5.84. The first-order valence-electron chi connectivity index (χ1n) is 8.31. The van der Waals surface area contributed by atoms with E-state index in [-0.39, 0.29) is 5.91 Å². The van der Waals surface area contributed by atoms with Crippen LogP contribution in [0.4, 0.5) is 0 Å². The van der Waals surface area contributed by atoms with Crippen molar-refractivity contribution < 1.29 is 13.2 Å². The van der Waals surface area contributed by atoms with Crippen molar-refractivity contribution in [3.63, 3.8) is 0 Å². The van der Waals surface area contributed by atoms with E-state index in [4.69, 9.17) is 11.6 Å². The summed E-state index contributed by atoms with van der Waals surface area (Å²) >= 11 is 6.19. The van der Waals surface area contributed by atoms with E-state index in [9.17, 15) is 13.2 Å². The first-order chi connectivity index (χ1) is 12.8. The van der Waals surface area contributed by atoms with Gasteiger partial charge in [0.25, 0.3) is 5.91 Å². The first-order valence-corrected chi connectivity index (χ1v) is 10.5. The van der Waals surface area contributed by atoms with Gasteiger partial charge in [-0.25, -0.2) is 13.4 Å². The maximum Gasteiger partial charge on any atom is 0.252 e. The monoisotopic (exact) mass is 413 g/mol. The predicted molar refractivity (Wildman–Crippen MR) is 99.4 cm³/mol. The topological polar surface area (TPSA) is 113 Å². The first kappa shape index (κ1) is 19.7. The van der Waals surface area contributed by atoms with Gasteiger partial charge in [0.1, 0.15) is 12.7 Å². The summed E-state index contributed by atoms with van der Waals surface area (Å²) < 4.78 is 26.0. The lowest BCUT2D eigenvalue weighted by Gasteiger charge is -2.33. The average Bonchev–Trinajstić information content (AvgIpc) is 3.15. The summed E-state index contributed by atoms with van der Waals surface area (Å²) in [5, 5.41) is 10.5. The van der Waals surface area contributed by atoms with Crippen molar-refractivity contribution in [2.24, 2.45) is 0 Å². The molecule has 0 radical (unpaired) electrons. The van der Waals surface area contributed by atoms with Gasteiger partial charge in [0.2, 0.25) is 10.0 Å². The van der Waals surface area contributed by atoms with Crippen LogP contribution in [0, 0.1) is 0 Å². The van der Waals surface area contributed by atoms with Crippen LogP contribution in [-0.2, 0) is 10.0 Å². The lowest BCUT2D eigenvalue weighted by atomic mass is 10.2. The van der Waals surface area contributed by atoms with Gasteiger partial charge in [-0.1, -0.05) is 11.6 Å². The molecule has 0 spiro atoms. The number of hydrogen-bond acceptors (Lipinski definition) is 7. The number of carbonyl (C=O) groups is 1. The number of amides is 1. The van der Waals surface area contributed by atoms with Gasteiger partial charge >= 0.3 is 0 Å². The zero-order valence-electron chi connectivity index (χ0n) is 14.7. The van der Waals surface area contributed by atoms with Gasteiger partial charge in [-0.05, 0) is 6.07 Å². The molecule has 0 saturated carbocycles. The quantitative estimate of drug-likeness (QED) is 0.686. The van der Waals surface area contributed by atoms with Gasteiger partial charge in [-0.2, -0.15) is 4.31 Å². The largest absolute Gasteiger partial charge is 0.351 e. The second-order valence-corrected chi connectivity index (χ2v) is 8.55. The number of rotatable bonds is 6. The number of aromatic nitrogens is 4. The second-order valence-electron chi connectivity index (χ2n) is 6.16. The minimum Gasteiger partial charge on any atom is -0.351 e. The summed E-state index contributed by atoms with van der Waals surface area (Å²) in [6, 6.07) is 1.55. The molecule has 3 heterocycles. The fourth-order valence-corrected chi connectivity index (χ4v) is 3.86. The molecule has 12 heteroatoms. The number of carbonyl (C=O) groups excluding carboxylic acids is 1. The molecule has 146 valence electrons. The van der Waals surface area contributed by atoms with Crippen molar-refractivity contribution in [3.8, 4) is 5.82 Å². The molecule has 1 fully saturated rings. The maximum absolute atomic E-state index is 12.3. The second kappa shape index (κ2) is 8.30. The molecule has 0 bridgehead atoms. The highest BCUT2D eigenvalue weighted by Crippen LogP contribution is 2.18. The van der Waals surface area contributed by atoms with E-state index in [2.05, 4.69) is 25.4 Å². The molecule has 2 aromatic heterocycles. The molecule has 1 aliphatic rings. The highest BCUT2D eigenvalue weighted by Gasteiger charge is 2.23. The number of piperazine rings is 1. The Morgan fingerprint density at radius 2 is 1.89 bits per heavy atom. The molecule has 3 rings (SSSR count). The van der Waals surface area contributed by atoms with Crippen LogP contribution in [0.2, 0.25) is 5.02 Å². The Morgan fingerprint density at radius 1 is 1.22 bits per heavy atom. The Hall–Kier alpha value is -2.08. The van der Waals surface area contributed by atoms with Crippen molar-refractivity contribution in [2.75, 3.05) is 45.5 Å². The zero-order valence-corrected chi connectivity index (χ0v) is 16.3. The molecule has 0 atom stereocenters. The SMILES string of the molecule is CS(=O)(=O)N1CCN(CCNC(=O)c2cnc(-n3cnnc3)c(Cl)c2)CC1. The van der Waals surface area contributed by atoms with Crippen LogP contribution in [0.25, 0.3) is 5.82 Å². The molecule has 1 saturated heterocycles. The molecule has 0 unspecified atom stereocenters. The van der Waals surface area contributed by atoms with E-state index in [0.29, 0.717) is 55.7 Å². The van der Waals surface area contributed by atoms with Crippen molar-refractivity contribution in [1.82, 2.24) is 34.3 Å². The van der Waals surface area contributed by atoms with Gasteiger partial charge in [0.05, 0.1) is 16.8 Å². The van der Waals surface area contributed by atoms with Gasteiger partial charge in [-0.3, -0.25) is 14.3 Å². The van der Waals surface area contributed by atoms with Crippen LogP contribution in [0.15, 0.2) is 24.9 Å². The molecule has 2 aromatic rings. The van der Waals surface area contributed by atoms with Crippen molar-refractivity contribution in [2.45, 2.75) is 0 Å². The van der Waals surface area contributed by atoms with Crippen molar-refractivity contribution >= 4 is 27.5 Å². The minimum absolute atomic E-state index is 0.269. The number of halogens is 1. The molecule has 1 amide bonds. The average molecular weight is 414 g/mol. The lowest BCUT2D eigenvalue weighted by Crippen LogP contribution is -2.49. The Morgan fingerprint density at radius 3 is 2.48 bits per heavy atom. The number of sulfonamides is 1. The molecule has 0 aromatic carbocycles. The smallest absolute Gasteiger partial charge is 0.252 e. The zero-order chi connectivity index (χ0) is 19.4. The van der Waals surface area contributed by atoms with Crippen molar-refractivity contribution in [1.29, 1.82) is 0 Å². The van der Waals surface area contributed by atoms with Crippen LogP contribution in [0.5, 0.6) is 0 Å². The normalized spacial score (nSPS) is 16.4. The van der Waals surface area contributed by atoms with E-state index >= 15 is 0 Å². The van der Waals surface area contributed by atoms with Gasteiger partial charge in [0, 0.05) is 45.5 Å². The van der Waals surface area contributed by atoms with Gasteiger partial charge in [0.15, 0.2) is 5.82 Å². The van der Waals surface area contributed by atoms with E-state index in [1.54, 1.807) is 10.6 Å². The Kier molecular flexibility index (Phi) is 6.05. The maximum atomic E-state index is 12.3. The fraction of sp³-hybridized carbons (Fsp3) is 0.467. The highest BCUT2D eigenvalue weighted by atomic mass is 35.5.